The molecule has 66 valence electrons. The Hall–Kier alpha value is -0.620. The van der Waals surface area contributed by atoms with E-state index in [1.165, 1.54) is 13.8 Å². The molecule has 0 aromatic rings. The van der Waals surface area contributed by atoms with Gasteiger partial charge in [-0.05, 0) is 13.8 Å². The average molecular weight is 181 g/mol. The molecule has 0 aliphatic carbocycles. The Balaban J connectivity index is 4.43. The number of ether oxygens (including phenoxy) is 1. The summed E-state index contributed by atoms with van der Waals surface area (Å²) in [5.74, 6) is 0. The molecule has 2 unspecified atom stereocenters. The summed E-state index contributed by atoms with van der Waals surface area (Å²) in [7, 11) is -3.51. The fraction of sp³-hybridized carbons (Fsp3) is 0.800. The zero-order valence-electron chi connectivity index (χ0n) is 6.35. The summed E-state index contributed by atoms with van der Waals surface area (Å²) in [6.07, 6.45) is 0. The number of hydrogen-bond donors (Lipinski definition) is 1. The van der Waals surface area contributed by atoms with Crippen molar-refractivity contribution in [3.8, 4) is 0 Å². The number of carbonyl (C=O) groups excluding carboxylic acids is 1. The SMILES string of the molecule is CC(N)S(=O)(=O)C(C)OC=O. The van der Waals surface area contributed by atoms with Crippen molar-refractivity contribution in [1.82, 2.24) is 0 Å². The first-order valence-electron chi connectivity index (χ1n) is 3.00. The van der Waals surface area contributed by atoms with Crippen LogP contribution in [0.3, 0.4) is 0 Å². The standard InChI is InChI=1S/C5H11NO4S/c1-4(6)11(8,9)5(2)10-3-7/h3-5H,6H2,1-2H3. The third-order valence-corrected chi connectivity index (χ3v) is 3.30. The van der Waals surface area contributed by atoms with Crippen LogP contribution in [-0.2, 0) is 19.4 Å². The fourth-order valence-electron chi connectivity index (χ4n) is 0.458. The van der Waals surface area contributed by atoms with Gasteiger partial charge in [0.1, 0.15) is 5.37 Å². The highest BCUT2D eigenvalue weighted by atomic mass is 32.2. The third kappa shape index (κ3) is 2.47. The first kappa shape index (κ1) is 10.4. The van der Waals surface area contributed by atoms with Crippen molar-refractivity contribution in [1.29, 1.82) is 0 Å². The molecule has 0 aliphatic rings. The first-order chi connectivity index (χ1) is 4.92. The molecular formula is C5H11NO4S. The molecule has 0 aliphatic heterocycles. The number of hydrogen-bond acceptors (Lipinski definition) is 5. The van der Waals surface area contributed by atoms with E-state index in [0.29, 0.717) is 0 Å². The molecule has 0 aromatic carbocycles. The Labute approximate surface area is 65.4 Å². The average Bonchev–Trinajstić information content (AvgIpc) is 1.88. The monoisotopic (exact) mass is 181 g/mol. The van der Waals surface area contributed by atoms with Crippen LogP contribution in [0.25, 0.3) is 0 Å². The molecular weight excluding hydrogens is 170 g/mol. The maximum absolute atomic E-state index is 11.0. The highest BCUT2D eigenvalue weighted by Gasteiger charge is 2.25. The molecule has 0 saturated heterocycles. The smallest absolute Gasteiger partial charge is 0.294 e. The molecule has 0 aromatic heterocycles. The summed E-state index contributed by atoms with van der Waals surface area (Å²) in [4.78, 5) is 9.76. The Morgan fingerprint density at radius 1 is 1.45 bits per heavy atom. The van der Waals surface area contributed by atoms with Gasteiger partial charge in [-0.3, -0.25) is 4.79 Å². The van der Waals surface area contributed by atoms with E-state index >= 15 is 0 Å². The summed E-state index contributed by atoms with van der Waals surface area (Å²) in [6.45, 7) is 2.66. The second kappa shape index (κ2) is 3.68. The van der Waals surface area contributed by atoms with Gasteiger partial charge in [-0.2, -0.15) is 0 Å². The predicted octanol–water partition coefficient (Wildman–Crippen LogP) is -0.775. The van der Waals surface area contributed by atoms with Crippen LogP contribution in [0.15, 0.2) is 0 Å². The lowest BCUT2D eigenvalue weighted by Gasteiger charge is -2.12. The molecule has 2 atom stereocenters. The van der Waals surface area contributed by atoms with Crippen LogP contribution in [0, 0.1) is 0 Å². The molecule has 2 N–H and O–H groups in total. The molecule has 0 bridgehead atoms. The minimum absolute atomic E-state index is 0.0879. The molecule has 0 spiro atoms. The number of carbonyl (C=O) groups is 1. The van der Waals surface area contributed by atoms with Gasteiger partial charge in [0.15, 0.2) is 0 Å². The van der Waals surface area contributed by atoms with Crippen LogP contribution in [0.5, 0.6) is 0 Å². The van der Waals surface area contributed by atoms with Crippen molar-refractivity contribution in [3.05, 3.63) is 0 Å². The van der Waals surface area contributed by atoms with E-state index in [4.69, 9.17) is 5.73 Å². The summed E-state index contributed by atoms with van der Waals surface area (Å²) >= 11 is 0. The van der Waals surface area contributed by atoms with E-state index in [1.54, 1.807) is 0 Å². The summed E-state index contributed by atoms with van der Waals surface area (Å²) in [5, 5.41) is -1.02. The lowest BCUT2D eigenvalue weighted by atomic mass is 10.8. The van der Waals surface area contributed by atoms with Gasteiger partial charge < -0.3 is 10.5 Å². The molecule has 0 saturated carbocycles. The number of nitrogens with two attached hydrogens (primary N) is 1. The van der Waals surface area contributed by atoms with E-state index in [9.17, 15) is 13.2 Å². The van der Waals surface area contributed by atoms with Gasteiger partial charge in [-0.25, -0.2) is 8.42 Å². The van der Waals surface area contributed by atoms with E-state index < -0.39 is 20.6 Å². The minimum Gasteiger partial charge on any atom is -0.448 e. The van der Waals surface area contributed by atoms with Crippen LogP contribution in [0.1, 0.15) is 13.8 Å². The number of sulfone groups is 1. The van der Waals surface area contributed by atoms with E-state index in [-0.39, 0.29) is 6.47 Å². The van der Waals surface area contributed by atoms with Gasteiger partial charge in [-0.1, -0.05) is 0 Å². The zero-order valence-corrected chi connectivity index (χ0v) is 7.17. The zero-order chi connectivity index (χ0) is 9.07. The van der Waals surface area contributed by atoms with E-state index in [2.05, 4.69) is 4.74 Å². The maximum Gasteiger partial charge on any atom is 0.294 e. The number of rotatable bonds is 4. The molecule has 0 radical (unpaired) electrons. The Kier molecular flexibility index (Phi) is 3.47. The van der Waals surface area contributed by atoms with Crippen molar-refractivity contribution in [3.63, 3.8) is 0 Å². The van der Waals surface area contributed by atoms with Gasteiger partial charge in [0.2, 0.25) is 15.3 Å². The Morgan fingerprint density at radius 3 is 2.18 bits per heavy atom. The van der Waals surface area contributed by atoms with Crippen LogP contribution < -0.4 is 5.73 Å². The quantitative estimate of drug-likeness (QED) is 0.575. The van der Waals surface area contributed by atoms with Crippen LogP contribution in [0.4, 0.5) is 0 Å². The fourth-order valence-corrected chi connectivity index (χ4v) is 1.26. The lowest BCUT2D eigenvalue weighted by Crippen LogP contribution is -2.35. The first-order valence-corrected chi connectivity index (χ1v) is 4.61. The van der Waals surface area contributed by atoms with Crippen molar-refractivity contribution in [2.75, 3.05) is 0 Å². The predicted molar refractivity (Wildman–Crippen MR) is 39.2 cm³/mol. The van der Waals surface area contributed by atoms with Gasteiger partial charge >= 0.3 is 0 Å². The minimum atomic E-state index is -3.51. The van der Waals surface area contributed by atoms with E-state index in [1.807, 2.05) is 0 Å². The summed E-state index contributed by atoms with van der Waals surface area (Å²) in [5.41, 5.74) is 3.95. The van der Waals surface area contributed by atoms with Crippen LogP contribution in [0.2, 0.25) is 0 Å². The largest absolute Gasteiger partial charge is 0.448 e. The van der Waals surface area contributed by atoms with Crippen molar-refractivity contribution in [2.24, 2.45) is 5.73 Å². The molecule has 6 heteroatoms. The second-order valence-corrected chi connectivity index (χ2v) is 4.68. The Morgan fingerprint density at radius 2 is 1.91 bits per heavy atom. The topological polar surface area (TPSA) is 86.5 Å². The molecule has 0 amide bonds. The normalized spacial score (nSPS) is 17.0. The van der Waals surface area contributed by atoms with Crippen LogP contribution in [-0.4, -0.2) is 25.7 Å². The van der Waals surface area contributed by atoms with E-state index in [0.717, 1.165) is 0 Å². The third-order valence-electron chi connectivity index (χ3n) is 1.23. The van der Waals surface area contributed by atoms with Gasteiger partial charge in [0.05, 0.1) is 0 Å². The molecule has 0 heterocycles. The van der Waals surface area contributed by atoms with Gasteiger partial charge in [0, 0.05) is 0 Å². The summed E-state index contributed by atoms with van der Waals surface area (Å²) in [6, 6.07) is 0. The van der Waals surface area contributed by atoms with Crippen molar-refractivity contribution >= 4 is 16.3 Å². The van der Waals surface area contributed by atoms with Crippen LogP contribution >= 0.6 is 0 Å². The van der Waals surface area contributed by atoms with Gasteiger partial charge in [-0.15, -0.1) is 0 Å². The highest BCUT2D eigenvalue weighted by Crippen LogP contribution is 2.05. The molecule has 5 nitrogen and oxygen atoms in total. The van der Waals surface area contributed by atoms with Crippen molar-refractivity contribution in [2.45, 2.75) is 24.7 Å². The second-order valence-electron chi connectivity index (χ2n) is 2.09. The molecule has 0 fully saturated rings. The highest BCUT2D eigenvalue weighted by molar-refractivity contribution is 7.92. The lowest BCUT2D eigenvalue weighted by molar-refractivity contribution is -0.129. The maximum atomic E-state index is 11.0. The molecule has 0 rings (SSSR count). The van der Waals surface area contributed by atoms with Crippen molar-refractivity contribution < 1.29 is 17.9 Å². The summed E-state index contributed by atoms with van der Waals surface area (Å²) < 4.78 is 26.2. The molecule has 11 heavy (non-hydrogen) atoms. The Bertz CT molecular complexity index is 221. The van der Waals surface area contributed by atoms with Gasteiger partial charge in [0.25, 0.3) is 6.47 Å².